The molecule has 29 heavy (non-hydrogen) atoms. The Bertz CT molecular complexity index is 955. The molecule has 0 spiro atoms. The Morgan fingerprint density at radius 1 is 1.00 bits per heavy atom. The van der Waals surface area contributed by atoms with Crippen LogP contribution in [0.5, 0.6) is 0 Å². The molecule has 3 aromatic rings. The maximum absolute atomic E-state index is 12.4. The van der Waals surface area contributed by atoms with Crippen LogP contribution in [-0.4, -0.2) is 34.7 Å². The number of pyridine rings is 1. The van der Waals surface area contributed by atoms with Gasteiger partial charge in [0.2, 0.25) is 0 Å². The van der Waals surface area contributed by atoms with Crippen LogP contribution in [-0.2, 0) is 17.6 Å². The molecular weight excluding hydrogens is 366 g/mol. The summed E-state index contributed by atoms with van der Waals surface area (Å²) in [6, 6.07) is 19.1. The normalized spacial score (nSPS) is 11.7. The molecule has 1 unspecified atom stereocenters. The number of aliphatic carboxylic acids is 1. The minimum atomic E-state index is -0.867. The van der Waals surface area contributed by atoms with Crippen LogP contribution in [0.4, 0.5) is 4.79 Å². The fourth-order valence-corrected chi connectivity index (χ4v) is 3.34. The Labute approximate surface area is 170 Å². The first-order valence-electron chi connectivity index (χ1n) is 9.74. The van der Waals surface area contributed by atoms with Gasteiger partial charge in [0.05, 0.1) is 5.52 Å². The van der Waals surface area contributed by atoms with E-state index in [0.717, 1.165) is 22.0 Å². The summed E-state index contributed by atoms with van der Waals surface area (Å²) >= 11 is 0. The Morgan fingerprint density at radius 2 is 1.79 bits per heavy atom. The second-order valence-corrected chi connectivity index (χ2v) is 6.96. The van der Waals surface area contributed by atoms with Crippen LogP contribution in [0.25, 0.3) is 10.9 Å². The second-order valence-electron chi connectivity index (χ2n) is 6.96. The van der Waals surface area contributed by atoms with Gasteiger partial charge in [-0.1, -0.05) is 54.6 Å². The highest BCUT2D eigenvalue weighted by Gasteiger charge is 2.14. The number of nitrogens with zero attached hydrogens (tertiary/aromatic N) is 1. The predicted octanol–water partition coefficient (Wildman–Crippen LogP) is 3.55. The lowest BCUT2D eigenvalue weighted by atomic mass is 10.0. The van der Waals surface area contributed by atoms with Crippen molar-refractivity contribution in [1.29, 1.82) is 0 Å². The van der Waals surface area contributed by atoms with E-state index in [-0.39, 0.29) is 18.5 Å². The first kappa shape index (κ1) is 20.3. The number of carboxylic acids is 1. The number of aromatic nitrogens is 1. The molecule has 6 nitrogen and oxygen atoms in total. The standard InChI is InChI=1S/C23H25N3O3/c27-21(28)12-11-20(16-17-6-2-1-3-7-17)26-23(29)25-15-13-19-9-4-8-18-10-5-14-24-22(18)19/h1-10,14,20H,11-13,15-16H2,(H,27,28)(H2,25,26,29). The number of para-hydroxylation sites is 1. The van der Waals surface area contributed by atoms with Crippen molar-refractivity contribution in [2.75, 3.05) is 6.54 Å². The first-order chi connectivity index (χ1) is 14.1. The summed E-state index contributed by atoms with van der Waals surface area (Å²) in [7, 11) is 0. The quantitative estimate of drug-likeness (QED) is 0.520. The second kappa shape index (κ2) is 10.2. The van der Waals surface area contributed by atoms with Crippen LogP contribution < -0.4 is 10.6 Å². The number of carboxylic acid groups (broad SMARTS) is 1. The predicted molar refractivity (Wildman–Crippen MR) is 113 cm³/mol. The van der Waals surface area contributed by atoms with Gasteiger partial charge in [-0.2, -0.15) is 0 Å². The number of amides is 2. The van der Waals surface area contributed by atoms with Gasteiger partial charge in [-0.3, -0.25) is 9.78 Å². The van der Waals surface area contributed by atoms with Gasteiger partial charge in [-0.15, -0.1) is 0 Å². The summed E-state index contributed by atoms with van der Waals surface area (Å²) in [6.45, 7) is 0.471. The minimum absolute atomic E-state index is 0.0133. The van der Waals surface area contributed by atoms with Crippen LogP contribution >= 0.6 is 0 Å². The number of hydrogen-bond donors (Lipinski definition) is 3. The van der Waals surface area contributed by atoms with E-state index in [9.17, 15) is 9.59 Å². The monoisotopic (exact) mass is 391 g/mol. The van der Waals surface area contributed by atoms with Crippen LogP contribution in [0, 0.1) is 0 Å². The van der Waals surface area contributed by atoms with Crippen LogP contribution in [0.1, 0.15) is 24.0 Å². The van der Waals surface area contributed by atoms with Crippen molar-refractivity contribution in [1.82, 2.24) is 15.6 Å². The molecular formula is C23H25N3O3. The third kappa shape index (κ3) is 6.31. The third-order valence-corrected chi connectivity index (χ3v) is 4.76. The maximum atomic E-state index is 12.4. The molecule has 2 amide bonds. The molecule has 2 aromatic carbocycles. The summed E-state index contributed by atoms with van der Waals surface area (Å²) in [6.07, 6.45) is 3.42. The van der Waals surface area contributed by atoms with E-state index >= 15 is 0 Å². The molecule has 6 heteroatoms. The van der Waals surface area contributed by atoms with Crippen molar-refractivity contribution < 1.29 is 14.7 Å². The van der Waals surface area contributed by atoms with Gasteiger partial charge in [-0.25, -0.2) is 4.79 Å². The molecule has 0 bridgehead atoms. The van der Waals surface area contributed by atoms with E-state index in [1.54, 1.807) is 6.20 Å². The first-order valence-corrected chi connectivity index (χ1v) is 9.74. The van der Waals surface area contributed by atoms with E-state index in [0.29, 0.717) is 25.8 Å². The third-order valence-electron chi connectivity index (χ3n) is 4.76. The average molecular weight is 391 g/mol. The van der Waals surface area contributed by atoms with Crippen LogP contribution in [0.2, 0.25) is 0 Å². The number of benzene rings is 2. The van der Waals surface area contributed by atoms with E-state index in [1.807, 2.05) is 60.7 Å². The fourth-order valence-electron chi connectivity index (χ4n) is 3.34. The number of urea groups is 1. The number of nitrogens with one attached hydrogen (secondary N) is 2. The zero-order valence-corrected chi connectivity index (χ0v) is 16.2. The lowest BCUT2D eigenvalue weighted by molar-refractivity contribution is -0.137. The Kier molecular flexibility index (Phi) is 7.16. The summed E-state index contributed by atoms with van der Waals surface area (Å²) in [4.78, 5) is 27.7. The van der Waals surface area contributed by atoms with Crippen molar-refractivity contribution in [3.8, 4) is 0 Å². The highest BCUT2D eigenvalue weighted by Crippen LogP contribution is 2.16. The molecule has 1 aromatic heterocycles. The molecule has 150 valence electrons. The molecule has 0 saturated heterocycles. The number of hydrogen-bond acceptors (Lipinski definition) is 3. The summed E-state index contributed by atoms with van der Waals surface area (Å²) < 4.78 is 0. The van der Waals surface area contributed by atoms with Gasteiger partial charge in [0.1, 0.15) is 0 Å². The molecule has 3 N–H and O–H groups in total. The summed E-state index contributed by atoms with van der Waals surface area (Å²) in [5.41, 5.74) is 3.08. The maximum Gasteiger partial charge on any atom is 0.315 e. The lowest BCUT2D eigenvalue weighted by Gasteiger charge is -2.19. The number of fused-ring (bicyclic) bond motifs is 1. The number of carbonyl (C=O) groups is 2. The van der Waals surface area contributed by atoms with Gasteiger partial charge >= 0.3 is 12.0 Å². The van der Waals surface area contributed by atoms with E-state index in [4.69, 9.17) is 5.11 Å². The van der Waals surface area contributed by atoms with Crippen LogP contribution in [0.3, 0.4) is 0 Å². The molecule has 0 fully saturated rings. The van der Waals surface area contributed by atoms with Gasteiger partial charge in [-0.05, 0) is 36.5 Å². The zero-order valence-electron chi connectivity index (χ0n) is 16.2. The molecule has 0 aliphatic rings. The molecule has 0 radical (unpaired) electrons. The topological polar surface area (TPSA) is 91.3 Å². The fraction of sp³-hybridized carbons (Fsp3) is 0.261. The molecule has 0 aliphatic heterocycles. The van der Waals surface area contributed by atoms with Crippen molar-refractivity contribution in [3.05, 3.63) is 78.0 Å². The molecule has 1 heterocycles. The number of rotatable bonds is 9. The average Bonchev–Trinajstić information content (AvgIpc) is 2.73. The minimum Gasteiger partial charge on any atom is -0.481 e. The Balaban J connectivity index is 1.54. The Hall–Kier alpha value is -3.41. The zero-order chi connectivity index (χ0) is 20.5. The highest BCUT2D eigenvalue weighted by atomic mass is 16.4. The van der Waals surface area contributed by atoms with Gasteiger partial charge in [0.25, 0.3) is 0 Å². The van der Waals surface area contributed by atoms with E-state index in [2.05, 4.69) is 15.6 Å². The van der Waals surface area contributed by atoms with Gasteiger partial charge in [0, 0.05) is 30.6 Å². The van der Waals surface area contributed by atoms with Crippen LogP contribution in [0.15, 0.2) is 66.9 Å². The summed E-state index contributed by atoms with van der Waals surface area (Å²) in [5, 5.41) is 15.8. The largest absolute Gasteiger partial charge is 0.481 e. The van der Waals surface area contributed by atoms with Crippen molar-refractivity contribution in [2.45, 2.75) is 31.7 Å². The molecule has 3 rings (SSSR count). The van der Waals surface area contributed by atoms with Crippen molar-refractivity contribution >= 4 is 22.9 Å². The summed E-state index contributed by atoms with van der Waals surface area (Å²) in [5.74, 6) is -0.867. The SMILES string of the molecule is O=C(O)CCC(Cc1ccccc1)NC(=O)NCCc1cccc2cccnc12. The Morgan fingerprint density at radius 3 is 2.59 bits per heavy atom. The smallest absolute Gasteiger partial charge is 0.315 e. The van der Waals surface area contributed by atoms with Crippen molar-refractivity contribution in [2.24, 2.45) is 0 Å². The molecule has 0 aliphatic carbocycles. The lowest BCUT2D eigenvalue weighted by Crippen LogP contribution is -2.44. The van der Waals surface area contributed by atoms with Crippen molar-refractivity contribution in [3.63, 3.8) is 0 Å². The molecule has 0 saturated carbocycles. The van der Waals surface area contributed by atoms with Gasteiger partial charge in [0.15, 0.2) is 0 Å². The molecule has 1 atom stereocenters. The highest BCUT2D eigenvalue weighted by molar-refractivity contribution is 5.81. The van der Waals surface area contributed by atoms with E-state index in [1.165, 1.54) is 0 Å². The number of carbonyl (C=O) groups excluding carboxylic acids is 1. The van der Waals surface area contributed by atoms with E-state index < -0.39 is 5.97 Å². The van der Waals surface area contributed by atoms with Gasteiger partial charge < -0.3 is 15.7 Å².